The van der Waals surface area contributed by atoms with Gasteiger partial charge in [0, 0.05) is 11.4 Å². The Labute approximate surface area is 81.2 Å². The Kier molecular flexibility index (Phi) is 2.16. The van der Waals surface area contributed by atoms with Gasteiger partial charge in [-0.3, -0.25) is 0 Å². The second-order valence-electron chi connectivity index (χ2n) is 2.85. The highest BCUT2D eigenvalue weighted by Gasteiger charge is 2.21. The lowest BCUT2D eigenvalue weighted by atomic mass is 10.1. The molecule has 1 nitrogen and oxygen atoms in total. The van der Waals surface area contributed by atoms with Crippen molar-refractivity contribution in [3.05, 3.63) is 28.8 Å². The third-order valence-corrected chi connectivity index (χ3v) is 2.52. The van der Waals surface area contributed by atoms with Crippen LogP contribution in [-0.2, 0) is 6.42 Å². The monoisotopic (exact) mass is 202 g/mol. The van der Waals surface area contributed by atoms with Crippen molar-refractivity contribution in [2.24, 2.45) is 0 Å². The summed E-state index contributed by atoms with van der Waals surface area (Å²) >= 11 is 11.5. The van der Waals surface area contributed by atoms with E-state index in [4.69, 9.17) is 27.9 Å². The third-order valence-electron chi connectivity index (χ3n) is 1.94. The first-order valence-corrected chi connectivity index (χ1v) is 4.72. The molecule has 1 aliphatic heterocycles. The van der Waals surface area contributed by atoms with E-state index in [1.165, 1.54) is 0 Å². The summed E-state index contributed by atoms with van der Waals surface area (Å²) in [5.74, 6) is 1.46. The first kappa shape index (κ1) is 8.21. The number of hydrogen-bond acceptors (Lipinski definition) is 1. The molecule has 12 heavy (non-hydrogen) atoms. The lowest BCUT2D eigenvalue weighted by molar-refractivity contribution is 0.258. The van der Waals surface area contributed by atoms with Crippen LogP contribution < -0.4 is 4.74 Å². The highest BCUT2D eigenvalue weighted by Crippen LogP contribution is 2.31. The van der Waals surface area contributed by atoms with Crippen molar-refractivity contribution in [2.45, 2.75) is 12.5 Å². The van der Waals surface area contributed by atoms with E-state index in [2.05, 4.69) is 0 Å². The van der Waals surface area contributed by atoms with Crippen molar-refractivity contribution in [2.75, 3.05) is 5.88 Å². The van der Waals surface area contributed by atoms with Crippen LogP contribution in [0, 0.1) is 0 Å². The lowest BCUT2D eigenvalue weighted by Gasteiger charge is -2.04. The van der Waals surface area contributed by atoms with Gasteiger partial charge in [-0.05, 0) is 23.8 Å². The van der Waals surface area contributed by atoms with Gasteiger partial charge < -0.3 is 4.74 Å². The largest absolute Gasteiger partial charge is 0.489 e. The van der Waals surface area contributed by atoms with Gasteiger partial charge in [0.15, 0.2) is 0 Å². The fourth-order valence-electron chi connectivity index (χ4n) is 1.38. The van der Waals surface area contributed by atoms with Gasteiger partial charge in [0.05, 0.1) is 5.88 Å². The van der Waals surface area contributed by atoms with Crippen LogP contribution in [0.5, 0.6) is 5.75 Å². The van der Waals surface area contributed by atoms with Crippen LogP contribution in [0.1, 0.15) is 5.56 Å². The molecule has 64 valence electrons. The molecule has 1 heterocycles. The Morgan fingerprint density at radius 2 is 2.33 bits per heavy atom. The first-order valence-electron chi connectivity index (χ1n) is 3.80. The summed E-state index contributed by atoms with van der Waals surface area (Å²) < 4.78 is 5.52. The number of ether oxygens (including phenoxy) is 1. The molecule has 1 aliphatic rings. The van der Waals surface area contributed by atoms with Crippen LogP contribution in [0.15, 0.2) is 18.2 Å². The van der Waals surface area contributed by atoms with Crippen LogP contribution in [0.25, 0.3) is 0 Å². The summed E-state index contributed by atoms with van der Waals surface area (Å²) in [5, 5.41) is 0.757. The number of benzene rings is 1. The molecule has 1 aromatic rings. The molecular formula is C9H8Cl2O. The van der Waals surface area contributed by atoms with Gasteiger partial charge in [0.25, 0.3) is 0 Å². The van der Waals surface area contributed by atoms with Gasteiger partial charge in [0.2, 0.25) is 0 Å². The van der Waals surface area contributed by atoms with Crippen molar-refractivity contribution in [1.29, 1.82) is 0 Å². The normalized spacial score (nSPS) is 20.3. The summed E-state index contributed by atoms with van der Waals surface area (Å²) in [6.45, 7) is 0. The van der Waals surface area contributed by atoms with Gasteiger partial charge in [0.1, 0.15) is 11.9 Å². The van der Waals surface area contributed by atoms with E-state index in [0.717, 1.165) is 22.8 Å². The molecule has 0 bridgehead atoms. The van der Waals surface area contributed by atoms with Crippen LogP contribution in [-0.4, -0.2) is 12.0 Å². The highest BCUT2D eigenvalue weighted by atomic mass is 35.5. The Morgan fingerprint density at radius 1 is 1.50 bits per heavy atom. The average molecular weight is 203 g/mol. The number of fused-ring (bicyclic) bond motifs is 1. The number of hydrogen-bond donors (Lipinski definition) is 0. The van der Waals surface area contributed by atoms with E-state index >= 15 is 0 Å². The Bertz CT molecular complexity index is 299. The van der Waals surface area contributed by atoms with Crippen molar-refractivity contribution in [1.82, 2.24) is 0 Å². The Balaban J connectivity index is 2.30. The van der Waals surface area contributed by atoms with Crippen molar-refractivity contribution >= 4 is 23.2 Å². The molecule has 1 atom stereocenters. The van der Waals surface area contributed by atoms with E-state index in [-0.39, 0.29) is 6.10 Å². The molecule has 0 aliphatic carbocycles. The summed E-state index contributed by atoms with van der Waals surface area (Å²) in [5.41, 5.74) is 1.16. The van der Waals surface area contributed by atoms with Crippen molar-refractivity contribution in [3.63, 3.8) is 0 Å². The van der Waals surface area contributed by atoms with Crippen molar-refractivity contribution in [3.8, 4) is 5.75 Å². The maximum absolute atomic E-state index is 5.83. The number of halogens is 2. The van der Waals surface area contributed by atoms with Crippen LogP contribution in [0.3, 0.4) is 0 Å². The second kappa shape index (κ2) is 3.15. The standard InChI is InChI=1S/C9H8Cl2O/c10-5-8-4-6-3-7(11)1-2-9(6)12-8/h1-3,8H,4-5H2/t8-/m1/s1. The van der Waals surface area contributed by atoms with E-state index < -0.39 is 0 Å². The SMILES string of the molecule is ClC[C@H]1Cc2cc(Cl)ccc2O1. The molecular weight excluding hydrogens is 195 g/mol. The first-order chi connectivity index (χ1) is 5.79. The smallest absolute Gasteiger partial charge is 0.123 e. The number of rotatable bonds is 1. The average Bonchev–Trinajstić information content (AvgIpc) is 2.46. The molecule has 0 fully saturated rings. The zero-order chi connectivity index (χ0) is 8.55. The maximum Gasteiger partial charge on any atom is 0.123 e. The minimum Gasteiger partial charge on any atom is -0.489 e. The molecule has 1 aromatic carbocycles. The van der Waals surface area contributed by atoms with Crippen LogP contribution in [0.2, 0.25) is 5.02 Å². The summed E-state index contributed by atoms with van der Waals surface area (Å²) in [7, 11) is 0. The van der Waals surface area contributed by atoms with Gasteiger partial charge in [-0.25, -0.2) is 0 Å². The summed E-state index contributed by atoms with van der Waals surface area (Å²) in [6.07, 6.45) is 1.000. The second-order valence-corrected chi connectivity index (χ2v) is 3.60. The maximum atomic E-state index is 5.83. The fourth-order valence-corrected chi connectivity index (χ4v) is 1.74. The molecule has 2 rings (SSSR count). The van der Waals surface area contributed by atoms with E-state index in [9.17, 15) is 0 Å². The Morgan fingerprint density at radius 3 is 3.08 bits per heavy atom. The molecule has 0 spiro atoms. The highest BCUT2D eigenvalue weighted by molar-refractivity contribution is 6.30. The molecule has 0 aromatic heterocycles. The zero-order valence-corrected chi connectivity index (χ0v) is 7.90. The topological polar surface area (TPSA) is 9.23 Å². The molecule has 0 N–H and O–H groups in total. The van der Waals surface area contributed by atoms with E-state index in [0.29, 0.717) is 5.88 Å². The molecule has 0 amide bonds. The quantitative estimate of drug-likeness (QED) is 0.637. The predicted molar refractivity (Wildman–Crippen MR) is 50.3 cm³/mol. The van der Waals surface area contributed by atoms with Gasteiger partial charge in [-0.15, -0.1) is 11.6 Å². The minimum absolute atomic E-state index is 0.125. The molecule has 0 saturated heterocycles. The molecule has 0 radical (unpaired) electrons. The van der Waals surface area contributed by atoms with E-state index in [1.807, 2.05) is 18.2 Å². The minimum atomic E-state index is 0.125. The van der Waals surface area contributed by atoms with Gasteiger partial charge in [-0.1, -0.05) is 11.6 Å². The summed E-state index contributed by atoms with van der Waals surface area (Å²) in [4.78, 5) is 0. The molecule has 3 heteroatoms. The number of alkyl halides is 1. The summed E-state index contributed by atoms with van der Waals surface area (Å²) in [6, 6.07) is 5.66. The van der Waals surface area contributed by atoms with Gasteiger partial charge in [-0.2, -0.15) is 0 Å². The van der Waals surface area contributed by atoms with Crippen LogP contribution in [0.4, 0.5) is 0 Å². The fraction of sp³-hybridized carbons (Fsp3) is 0.333. The van der Waals surface area contributed by atoms with Crippen molar-refractivity contribution < 1.29 is 4.74 Å². The molecule has 0 saturated carbocycles. The van der Waals surface area contributed by atoms with Gasteiger partial charge >= 0.3 is 0 Å². The Hall–Kier alpha value is -0.400. The third kappa shape index (κ3) is 1.39. The molecule has 0 unspecified atom stereocenters. The van der Waals surface area contributed by atoms with E-state index in [1.54, 1.807) is 0 Å². The lowest BCUT2D eigenvalue weighted by Crippen LogP contribution is -2.13. The zero-order valence-electron chi connectivity index (χ0n) is 6.39. The van der Waals surface area contributed by atoms with Crippen LogP contribution >= 0.6 is 23.2 Å². The predicted octanol–water partition coefficient (Wildman–Crippen LogP) is 2.88.